The number of ether oxygens (including phenoxy) is 2. The molecule has 1 saturated heterocycles. The maximum Gasteiger partial charge on any atom is 0.258 e. The van der Waals surface area contributed by atoms with Gasteiger partial charge in [-0.1, -0.05) is 11.6 Å². The van der Waals surface area contributed by atoms with Gasteiger partial charge in [0.25, 0.3) is 5.91 Å². The van der Waals surface area contributed by atoms with Crippen molar-refractivity contribution in [2.24, 2.45) is 0 Å². The Morgan fingerprint density at radius 1 is 1.40 bits per heavy atom. The van der Waals surface area contributed by atoms with Gasteiger partial charge in [-0.3, -0.25) is 4.79 Å². The molecule has 0 bridgehead atoms. The molecule has 4 nitrogen and oxygen atoms in total. The lowest BCUT2D eigenvalue weighted by Gasteiger charge is -2.33. The molecule has 2 aliphatic rings. The highest BCUT2D eigenvalue weighted by atomic mass is 35.5. The molecule has 108 valence electrons. The third-order valence-electron chi connectivity index (χ3n) is 3.56. The van der Waals surface area contributed by atoms with Gasteiger partial charge in [0.2, 0.25) is 0 Å². The van der Waals surface area contributed by atoms with Gasteiger partial charge in [0, 0.05) is 11.6 Å². The van der Waals surface area contributed by atoms with Crippen LogP contribution in [0.4, 0.5) is 10.1 Å². The van der Waals surface area contributed by atoms with Crippen molar-refractivity contribution in [2.75, 3.05) is 31.3 Å². The highest BCUT2D eigenvalue weighted by Gasteiger charge is 2.32. The van der Waals surface area contributed by atoms with Gasteiger partial charge in [-0.25, -0.2) is 4.39 Å². The van der Waals surface area contributed by atoms with Gasteiger partial charge in [0.15, 0.2) is 6.10 Å². The van der Waals surface area contributed by atoms with Crippen molar-refractivity contribution in [3.63, 3.8) is 0 Å². The van der Waals surface area contributed by atoms with Crippen LogP contribution in [0.1, 0.15) is 12.0 Å². The zero-order valence-corrected chi connectivity index (χ0v) is 11.7. The van der Waals surface area contributed by atoms with Gasteiger partial charge in [-0.05, 0) is 30.5 Å². The third-order valence-corrected chi connectivity index (χ3v) is 3.78. The molecule has 1 aromatic carbocycles. The van der Waals surface area contributed by atoms with Crippen molar-refractivity contribution in [3.05, 3.63) is 28.5 Å². The lowest BCUT2D eigenvalue weighted by molar-refractivity contribution is -0.144. The van der Waals surface area contributed by atoms with E-state index in [9.17, 15) is 9.18 Å². The molecule has 0 spiro atoms. The molecule has 1 fully saturated rings. The van der Waals surface area contributed by atoms with Gasteiger partial charge in [-0.15, -0.1) is 0 Å². The normalized spacial score (nSPS) is 22.5. The van der Waals surface area contributed by atoms with Gasteiger partial charge >= 0.3 is 0 Å². The maximum absolute atomic E-state index is 14.2. The van der Waals surface area contributed by atoms with Gasteiger partial charge in [0.1, 0.15) is 5.82 Å². The first-order chi connectivity index (χ1) is 9.66. The molecule has 20 heavy (non-hydrogen) atoms. The van der Waals surface area contributed by atoms with Crippen LogP contribution in [-0.2, 0) is 20.7 Å². The summed E-state index contributed by atoms with van der Waals surface area (Å²) in [5.41, 5.74) is 1.10. The number of rotatable bonds is 1. The Morgan fingerprint density at radius 2 is 2.25 bits per heavy atom. The summed E-state index contributed by atoms with van der Waals surface area (Å²) in [5, 5.41) is 0.354. The molecule has 0 saturated carbocycles. The largest absolute Gasteiger partial charge is 0.376 e. The minimum atomic E-state index is -0.648. The van der Waals surface area contributed by atoms with Crippen LogP contribution < -0.4 is 4.90 Å². The lowest BCUT2D eigenvalue weighted by Crippen LogP contribution is -2.47. The van der Waals surface area contributed by atoms with Crippen LogP contribution in [0.25, 0.3) is 0 Å². The summed E-state index contributed by atoms with van der Waals surface area (Å²) in [5.74, 6) is -0.704. The fourth-order valence-corrected chi connectivity index (χ4v) is 2.90. The van der Waals surface area contributed by atoms with Crippen molar-refractivity contribution in [1.82, 2.24) is 0 Å². The Hall–Kier alpha value is -1.17. The molecule has 2 heterocycles. The Labute approximate surface area is 121 Å². The fraction of sp³-hybridized carbons (Fsp3) is 0.500. The number of halogens is 2. The van der Waals surface area contributed by atoms with Crippen molar-refractivity contribution < 1.29 is 18.7 Å². The highest BCUT2D eigenvalue weighted by Crippen LogP contribution is 2.33. The van der Waals surface area contributed by atoms with E-state index in [-0.39, 0.29) is 12.5 Å². The van der Waals surface area contributed by atoms with E-state index in [0.717, 1.165) is 18.4 Å². The SMILES string of the molecule is O=C(C1COCCO1)N1CCCc2cc(Cl)cc(F)c21. The number of carbonyl (C=O) groups excluding carboxylic acids is 1. The predicted molar refractivity (Wildman–Crippen MR) is 72.6 cm³/mol. The standard InChI is InChI=1S/C14H15ClFNO3/c15-10-6-9-2-1-3-17(13(9)11(16)7-10)14(18)12-8-19-4-5-20-12/h6-7,12H,1-5,8H2. The van der Waals surface area contributed by atoms with Crippen LogP contribution >= 0.6 is 11.6 Å². The van der Waals surface area contributed by atoms with Gasteiger partial charge < -0.3 is 14.4 Å². The van der Waals surface area contributed by atoms with Crippen LogP contribution in [-0.4, -0.2) is 38.4 Å². The summed E-state index contributed by atoms with van der Waals surface area (Å²) in [6.07, 6.45) is 0.856. The number of amides is 1. The first-order valence-corrected chi connectivity index (χ1v) is 7.03. The van der Waals surface area contributed by atoms with E-state index in [4.69, 9.17) is 21.1 Å². The van der Waals surface area contributed by atoms with E-state index in [0.29, 0.717) is 30.5 Å². The first kappa shape index (κ1) is 13.8. The van der Waals surface area contributed by atoms with Gasteiger partial charge in [-0.2, -0.15) is 0 Å². The summed E-state index contributed by atoms with van der Waals surface area (Å²) in [6, 6.07) is 2.96. The Kier molecular flexibility index (Phi) is 3.92. The molecule has 0 aliphatic carbocycles. The minimum Gasteiger partial charge on any atom is -0.376 e. The molecule has 6 heteroatoms. The zero-order valence-electron chi connectivity index (χ0n) is 10.9. The Morgan fingerprint density at radius 3 is 3.00 bits per heavy atom. The number of benzene rings is 1. The second-order valence-electron chi connectivity index (χ2n) is 4.92. The average Bonchev–Trinajstić information content (AvgIpc) is 2.46. The smallest absolute Gasteiger partial charge is 0.258 e. The second kappa shape index (κ2) is 5.68. The van der Waals surface area contributed by atoms with E-state index in [1.807, 2.05) is 0 Å². The lowest BCUT2D eigenvalue weighted by atomic mass is 10.0. The monoisotopic (exact) mass is 299 g/mol. The quantitative estimate of drug-likeness (QED) is 0.798. The number of hydrogen-bond acceptors (Lipinski definition) is 3. The van der Waals surface area contributed by atoms with Crippen LogP contribution in [0, 0.1) is 5.82 Å². The van der Waals surface area contributed by atoms with Crippen LogP contribution in [0.15, 0.2) is 12.1 Å². The molecule has 0 N–H and O–H groups in total. The van der Waals surface area contributed by atoms with E-state index in [2.05, 4.69) is 0 Å². The summed E-state index contributed by atoms with van der Waals surface area (Å²) in [6.45, 7) is 1.59. The molecular formula is C14H15ClFNO3. The zero-order chi connectivity index (χ0) is 14.1. The molecule has 1 unspecified atom stereocenters. The van der Waals surface area contributed by atoms with Crippen LogP contribution in [0.5, 0.6) is 0 Å². The molecule has 2 aliphatic heterocycles. The molecular weight excluding hydrogens is 285 g/mol. The van der Waals surface area contributed by atoms with Crippen molar-refractivity contribution in [2.45, 2.75) is 18.9 Å². The molecule has 0 aromatic heterocycles. The fourth-order valence-electron chi connectivity index (χ4n) is 2.68. The predicted octanol–water partition coefficient (Wildman–Crippen LogP) is 2.17. The summed E-state index contributed by atoms with van der Waals surface area (Å²) >= 11 is 5.87. The number of fused-ring (bicyclic) bond motifs is 1. The molecule has 1 amide bonds. The molecule has 0 radical (unpaired) electrons. The van der Waals surface area contributed by atoms with Gasteiger partial charge in [0.05, 0.1) is 25.5 Å². The van der Waals surface area contributed by atoms with E-state index >= 15 is 0 Å². The Balaban J connectivity index is 1.91. The first-order valence-electron chi connectivity index (χ1n) is 6.65. The van der Waals surface area contributed by atoms with Crippen molar-refractivity contribution in [1.29, 1.82) is 0 Å². The summed E-state index contributed by atoms with van der Waals surface area (Å²) < 4.78 is 24.8. The highest BCUT2D eigenvalue weighted by molar-refractivity contribution is 6.30. The number of anilines is 1. The third kappa shape index (κ3) is 2.53. The number of hydrogen-bond donors (Lipinski definition) is 0. The number of carbonyl (C=O) groups is 1. The van der Waals surface area contributed by atoms with Crippen LogP contribution in [0.2, 0.25) is 5.02 Å². The summed E-state index contributed by atoms with van der Waals surface area (Å²) in [4.78, 5) is 13.9. The topological polar surface area (TPSA) is 38.8 Å². The van der Waals surface area contributed by atoms with E-state index in [1.165, 1.54) is 11.0 Å². The molecule has 1 aromatic rings. The van der Waals surface area contributed by atoms with Crippen molar-refractivity contribution >= 4 is 23.2 Å². The Bertz CT molecular complexity index is 531. The number of aryl methyl sites for hydroxylation is 1. The number of nitrogens with zero attached hydrogens (tertiary/aromatic N) is 1. The second-order valence-corrected chi connectivity index (χ2v) is 5.36. The molecule has 3 rings (SSSR count). The van der Waals surface area contributed by atoms with Crippen LogP contribution in [0.3, 0.4) is 0 Å². The van der Waals surface area contributed by atoms with E-state index in [1.54, 1.807) is 6.07 Å². The minimum absolute atomic E-state index is 0.222. The van der Waals surface area contributed by atoms with E-state index < -0.39 is 11.9 Å². The summed E-state index contributed by atoms with van der Waals surface area (Å²) in [7, 11) is 0. The average molecular weight is 300 g/mol. The van der Waals surface area contributed by atoms with Crippen molar-refractivity contribution in [3.8, 4) is 0 Å². The maximum atomic E-state index is 14.2. The molecule has 1 atom stereocenters.